The van der Waals surface area contributed by atoms with Crippen molar-refractivity contribution in [3.05, 3.63) is 44.7 Å². The minimum Gasteiger partial charge on any atom is -0.367 e. The highest BCUT2D eigenvalue weighted by molar-refractivity contribution is 14.0. The second-order valence-corrected chi connectivity index (χ2v) is 6.54. The van der Waals surface area contributed by atoms with Gasteiger partial charge in [-0.1, -0.05) is 29.3 Å². The molecule has 0 saturated carbocycles. The van der Waals surface area contributed by atoms with Crippen LogP contribution in [0.3, 0.4) is 0 Å². The number of thiophene rings is 1. The number of pyridine rings is 1. The minimum absolute atomic E-state index is 0. The Morgan fingerprint density at radius 1 is 1.25 bits per heavy atom. The van der Waals surface area contributed by atoms with Gasteiger partial charge in [0.2, 0.25) is 0 Å². The van der Waals surface area contributed by atoms with E-state index in [1.807, 2.05) is 0 Å². The van der Waals surface area contributed by atoms with Crippen LogP contribution in [0.2, 0.25) is 10.0 Å². The van der Waals surface area contributed by atoms with Crippen LogP contribution in [0.5, 0.6) is 0 Å². The van der Waals surface area contributed by atoms with E-state index < -0.39 is 0 Å². The van der Waals surface area contributed by atoms with E-state index in [1.54, 1.807) is 30.6 Å². The minimum atomic E-state index is 0. The lowest BCUT2D eigenvalue weighted by atomic mass is 10.3. The second-order valence-electron chi connectivity index (χ2n) is 4.67. The van der Waals surface area contributed by atoms with E-state index in [4.69, 9.17) is 23.2 Å². The molecule has 24 heavy (non-hydrogen) atoms. The molecule has 0 spiro atoms. The Kier molecular flexibility index (Phi) is 10.4. The average Bonchev–Trinajstić information content (AvgIpc) is 3.04. The van der Waals surface area contributed by atoms with Gasteiger partial charge < -0.3 is 16.0 Å². The van der Waals surface area contributed by atoms with Crippen molar-refractivity contribution in [3.8, 4) is 0 Å². The molecule has 0 aliphatic rings. The van der Waals surface area contributed by atoms with E-state index in [-0.39, 0.29) is 24.0 Å². The van der Waals surface area contributed by atoms with Crippen LogP contribution < -0.4 is 16.0 Å². The number of guanidine groups is 1. The summed E-state index contributed by atoms with van der Waals surface area (Å²) in [4.78, 5) is 9.70. The van der Waals surface area contributed by atoms with Gasteiger partial charge in [0.25, 0.3) is 0 Å². The Balaban J connectivity index is 0.00000288. The predicted octanol–water partition coefficient (Wildman–Crippen LogP) is 3.89. The first kappa shape index (κ1) is 21.3. The van der Waals surface area contributed by atoms with Gasteiger partial charge in [0, 0.05) is 37.8 Å². The Bertz CT molecular complexity index is 637. The summed E-state index contributed by atoms with van der Waals surface area (Å²) in [7, 11) is 1.76. The number of halogens is 3. The van der Waals surface area contributed by atoms with Gasteiger partial charge in [0.1, 0.15) is 5.82 Å². The molecule has 0 unspecified atom stereocenters. The number of aliphatic imine (C=N–C) groups is 1. The quantitative estimate of drug-likeness (QED) is 0.234. The molecule has 2 heterocycles. The van der Waals surface area contributed by atoms with E-state index in [9.17, 15) is 0 Å². The SMILES string of the molecule is CN=C(NCCNc1ncc(Cl)cc1Cl)NCCc1cccs1.I. The molecular formula is C15H20Cl2IN5S. The average molecular weight is 500 g/mol. The summed E-state index contributed by atoms with van der Waals surface area (Å²) in [6, 6.07) is 5.86. The van der Waals surface area contributed by atoms with Gasteiger partial charge in [-0.3, -0.25) is 4.99 Å². The maximum absolute atomic E-state index is 6.05. The molecule has 0 amide bonds. The highest BCUT2D eigenvalue weighted by atomic mass is 127. The van der Waals surface area contributed by atoms with Gasteiger partial charge >= 0.3 is 0 Å². The molecule has 2 aromatic rings. The monoisotopic (exact) mass is 499 g/mol. The molecule has 0 saturated heterocycles. The van der Waals surface area contributed by atoms with Crippen molar-refractivity contribution in [1.82, 2.24) is 15.6 Å². The highest BCUT2D eigenvalue weighted by Gasteiger charge is 2.02. The first-order chi connectivity index (χ1) is 11.2. The molecule has 5 nitrogen and oxygen atoms in total. The molecule has 2 aromatic heterocycles. The van der Waals surface area contributed by atoms with Gasteiger partial charge in [0.05, 0.1) is 10.0 Å². The van der Waals surface area contributed by atoms with Crippen LogP contribution >= 0.6 is 58.5 Å². The van der Waals surface area contributed by atoms with Gasteiger partial charge in [-0.05, 0) is 23.9 Å². The molecule has 0 radical (unpaired) electrons. The molecule has 132 valence electrons. The van der Waals surface area contributed by atoms with Crippen LogP contribution in [0.15, 0.2) is 34.8 Å². The zero-order chi connectivity index (χ0) is 16.5. The third kappa shape index (κ3) is 7.42. The van der Waals surface area contributed by atoms with Crippen molar-refractivity contribution in [2.45, 2.75) is 6.42 Å². The smallest absolute Gasteiger partial charge is 0.191 e. The fourth-order valence-electron chi connectivity index (χ4n) is 1.89. The lowest BCUT2D eigenvalue weighted by molar-refractivity contribution is 0.802. The normalized spacial score (nSPS) is 10.9. The van der Waals surface area contributed by atoms with Gasteiger partial charge in [-0.2, -0.15) is 0 Å². The summed E-state index contributed by atoms with van der Waals surface area (Å²) in [5.41, 5.74) is 0. The zero-order valence-electron chi connectivity index (χ0n) is 13.2. The molecule has 0 aliphatic heterocycles. The molecule has 0 bridgehead atoms. The molecule has 9 heteroatoms. The molecule has 0 atom stereocenters. The van der Waals surface area contributed by atoms with E-state index in [1.165, 1.54) is 4.88 Å². The lowest BCUT2D eigenvalue weighted by Gasteiger charge is -2.12. The molecule has 0 fully saturated rings. The second kappa shape index (κ2) is 11.7. The number of hydrogen-bond acceptors (Lipinski definition) is 4. The van der Waals surface area contributed by atoms with Gasteiger partial charge in [-0.25, -0.2) is 4.98 Å². The van der Waals surface area contributed by atoms with Gasteiger partial charge in [-0.15, -0.1) is 35.3 Å². The number of nitrogens with zero attached hydrogens (tertiary/aromatic N) is 2. The van der Waals surface area contributed by atoms with Crippen molar-refractivity contribution in [3.63, 3.8) is 0 Å². The van der Waals surface area contributed by atoms with Crippen molar-refractivity contribution in [1.29, 1.82) is 0 Å². The van der Waals surface area contributed by atoms with E-state index in [0.29, 0.717) is 29.0 Å². The van der Waals surface area contributed by atoms with Crippen LogP contribution in [0.4, 0.5) is 5.82 Å². The highest BCUT2D eigenvalue weighted by Crippen LogP contribution is 2.21. The van der Waals surface area contributed by atoms with Crippen molar-refractivity contribution in [2.75, 3.05) is 32.0 Å². The number of rotatable bonds is 7. The van der Waals surface area contributed by atoms with Crippen LogP contribution in [-0.4, -0.2) is 37.6 Å². The standard InChI is InChI=1S/C15H19Cl2N5S.HI/c1-18-15(20-5-4-12-3-2-8-23-12)21-7-6-19-14-13(17)9-11(16)10-22-14;/h2-3,8-10H,4-7H2,1H3,(H,19,22)(H2,18,20,21);1H. The summed E-state index contributed by atoms with van der Waals surface area (Å²) in [5.74, 6) is 1.40. The third-order valence-electron chi connectivity index (χ3n) is 2.99. The van der Waals surface area contributed by atoms with Gasteiger partial charge in [0.15, 0.2) is 5.96 Å². The maximum Gasteiger partial charge on any atom is 0.191 e. The summed E-state index contributed by atoms with van der Waals surface area (Å²) < 4.78 is 0. The summed E-state index contributed by atoms with van der Waals surface area (Å²) in [6.07, 6.45) is 2.55. The first-order valence-electron chi connectivity index (χ1n) is 7.21. The Labute approximate surface area is 173 Å². The molecule has 2 rings (SSSR count). The van der Waals surface area contributed by atoms with E-state index in [0.717, 1.165) is 18.9 Å². The number of nitrogens with one attached hydrogen (secondary N) is 3. The van der Waals surface area contributed by atoms with Crippen LogP contribution in [0.1, 0.15) is 4.88 Å². The Morgan fingerprint density at radius 2 is 2.04 bits per heavy atom. The maximum atomic E-state index is 6.05. The van der Waals surface area contributed by atoms with Crippen LogP contribution in [0.25, 0.3) is 0 Å². The van der Waals surface area contributed by atoms with E-state index in [2.05, 4.69) is 43.4 Å². The summed E-state index contributed by atoms with van der Waals surface area (Å²) >= 11 is 13.6. The summed E-state index contributed by atoms with van der Waals surface area (Å²) in [6.45, 7) is 2.21. The molecular weight excluding hydrogens is 480 g/mol. The zero-order valence-corrected chi connectivity index (χ0v) is 17.8. The topological polar surface area (TPSA) is 61.3 Å². The molecule has 3 N–H and O–H groups in total. The van der Waals surface area contributed by atoms with Crippen molar-refractivity contribution < 1.29 is 0 Å². The third-order valence-corrected chi connectivity index (χ3v) is 4.42. The Morgan fingerprint density at radius 3 is 2.71 bits per heavy atom. The first-order valence-corrected chi connectivity index (χ1v) is 8.84. The largest absolute Gasteiger partial charge is 0.367 e. The predicted molar refractivity (Wildman–Crippen MR) is 116 cm³/mol. The lowest BCUT2D eigenvalue weighted by Crippen LogP contribution is -2.40. The van der Waals surface area contributed by atoms with Crippen LogP contribution in [-0.2, 0) is 6.42 Å². The summed E-state index contributed by atoms with van der Waals surface area (Å²) in [5, 5.41) is 12.8. The number of hydrogen-bond donors (Lipinski definition) is 3. The fraction of sp³-hybridized carbons (Fsp3) is 0.333. The van der Waals surface area contributed by atoms with Crippen molar-refractivity contribution in [2.24, 2.45) is 4.99 Å². The number of aromatic nitrogens is 1. The van der Waals surface area contributed by atoms with Crippen LogP contribution in [0, 0.1) is 0 Å². The molecule has 0 aromatic carbocycles. The van der Waals surface area contributed by atoms with Crippen molar-refractivity contribution >= 4 is 70.3 Å². The molecule has 0 aliphatic carbocycles. The fourth-order valence-corrected chi connectivity index (χ4v) is 3.04. The number of anilines is 1. The van der Waals surface area contributed by atoms with E-state index >= 15 is 0 Å². The Hall–Kier alpha value is -0.770.